The number of nitrogens with one attached hydrogen (secondary N) is 2. The smallest absolute Gasteiger partial charge is 0.262 e. The predicted octanol–water partition coefficient (Wildman–Crippen LogP) is 4.97. The lowest BCUT2D eigenvalue weighted by atomic mass is 10.0. The SMILES string of the molecule is COc1cc(/C=N/NC(=O)C(NC(=O)c2ccccc2F)C(C)C)ccc1OCc1ccc(Cl)cc1. The summed E-state index contributed by atoms with van der Waals surface area (Å²) in [6.45, 7) is 3.87. The van der Waals surface area contributed by atoms with Crippen LogP contribution in [0.25, 0.3) is 0 Å². The third kappa shape index (κ3) is 7.29. The lowest BCUT2D eigenvalue weighted by Gasteiger charge is -2.20. The molecule has 0 fully saturated rings. The zero-order valence-electron chi connectivity index (χ0n) is 20.1. The van der Waals surface area contributed by atoms with E-state index in [2.05, 4.69) is 15.8 Å². The van der Waals surface area contributed by atoms with Gasteiger partial charge in [-0.1, -0.05) is 49.7 Å². The average molecular weight is 512 g/mol. The van der Waals surface area contributed by atoms with Crippen LogP contribution in [0.1, 0.15) is 35.3 Å². The number of carbonyl (C=O) groups excluding carboxylic acids is 2. The quantitative estimate of drug-likeness (QED) is 0.297. The summed E-state index contributed by atoms with van der Waals surface area (Å²) in [6.07, 6.45) is 1.44. The third-order valence-electron chi connectivity index (χ3n) is 5.24. The van der Waals surface area contributed by atoms with E-state index in [4.69, 9.17) is 21.1 Å². The Kier molecular flexibility index (Phi) is 9.41. The van der Waals surface area contributed by atoms with Crippen molar-refractivity contribution >= 4 is 29.6 Å². The molecule has 3 aromatic carbocycles. The van der Waals surface area contributed by atoms with Gasteiger partial charge < -0.3 is 14.8 Å². The molecule has 2 N–H and O–H groups in total. The van der Waals surface area contributed by atoms with E-state index in [0.717, 1.165) is 5.56 Å². The number of hydrazone groups is 1. The maximum atomic E-state index is 13.9. The van der Waals surface area contributed by atoms with Crippen LogP contribution in [0.15, 0.2) is 71.8 Å². The molecule has 9 heteroatoms. The van der Waals surface area contributed by atoms with Gasteiger partial charge in [-0.3, -0.25) is 9.59 Å². The zero-order chi connectivity index (χ0) is 26.1. The molecule has 0 radical (unpaired) electrons. The van der Waals surface area contributed by atoms with Crippen LogP contribution >= 0.6 is 11.6 Å². The Hall–Kier alpha value is -3.91. The van der Waals surface area contributed by atoms with E-state index in [0.29, 0.717) is 28.7 Å². The highest BCUT2D eigenvalue weighted by molar-refractivity contribution is 6.30. The van der Waals surface area contributed by atoms with E-state index in [9.17, 15) is 14.0 Å². The molecule has 3 aromatic rings. The van der Waals surface area contributed by atoms with Crippen molar-refractivity contribution < 1.29 is 23.5 Å². The van der Waals surface area contributed by atoms with Crippen molar-refractivity contribution in [2.75, 3.05) is 7.11 Å². The summed E-state index contributed by atoms with van der Waals surface area (Å²) >= 11 is 5.91. The number of amides is 2. The molecule has 0 aromatic heterocycles. The van der Waals surface area contributed by atoms with Crippen LogP contribution in [0.2, 0.25) is 5.02 Å². The number of hydrogen-bond acceptors (Lipinski definition) is 5. The minimum Gasteiger partial charge on any atom is -0.493 e. The van der Waals surface area contributed by atoms with E-state index in [1.165, 1.54) is 31.5 Å². The van der Waals surface area contributed by atoms with Crippen LogP contribution in [0.3, 0.4) is 0 Å². The predicted molar refractivity (Wildman–Crippen MR) is 137 cm³/mol. The van der Waals surface area contributed by atoms with Crippen LogP contribution in [-0.4, -0.2) is 31.2 Å². The van der Waals surface area contributed by atoms with Gasteiger partial charge in [0, 0.05) is 5.02 Å². The molecule has 0 saturated carbocycles. The number of benzene rings is 3. The summed E-state index contributed by atoms with van der Waals surface area (Å²) in [5, 5.41) is 7.21. The Morgan fingerprint density at radius 3 is 2.44 bits per heavy atom. The van der Waals surface area contributed by atoms with Crippen molar-refractivity contribution in [3.8, 4) is 11.5 Å². The van der Waals surface area contributed by atoms with Crippen LogP contribution in [0.5, 0.6) is 11.5 Å². The molecular formula is C27H27ClFN3O4. The molecule has 0 aliphatic rings. The van der Waals surface area contributed by atoms with Crippen molar-refractivity contribution in [3.63, 3.8) is 0 Å². The summed E-state index contributed by atoms with van der Waals surface area (Å²) in [4.78, 5) is 25.1. The fourth-order valence-electron chi connectivity index (χ4n) is 3.26. The van der Waals surface area contributed by atoms with Gasteiger partial charge in [0.15, 0.2) is 11.5 Å². The number of halogens is 2. The fourth-order valence-corrected chi connectivity index (χ4v) is 3.39. The Balaban J connectivity index is 1.61. The maximum Gasteiger partial charge on any atom is 0.262 e. The molecule has 36 heavy (non-hydrogen) atoms. The summed E-state index contributed by atoms with van der Waals surface area (Å²) in [6, 6.07) is 17.2. The van der Waals surface area contributed by atoms with Crippen LogP contribution in [-0.2, 0) is 11.4 Å². The van der Waals surface area contributed by atoms with E-state index >= 15 is 0 Å². The van der Waals surface area contributed by atoms with Crippen molar-refractivity contribution in [1.29, 1.82) is 0 Å². The zero-order valence-corrected chi connectivity index (χ0v) is 20.9. The number of carbonyl (C=O) groups is 2. The van der Waals surface area contributed by atoms with E-state index in [-0.39, 0.29) is 11.5 Å². The molecule has 1 atom stereocenters. The van der Waals surface area contributed by atoms with Gasteiger partial charge in [0.05, 0.1) is 18.9 Å². The van der Waals surface area contributed by atoms with Gasteiger partial charge in [-0.15, -0.1) is 0 Å². The van der Waals surface area contributed by atoms with Gasteiger partial charge in [0.1, 0.15) is 18.5 Å². The summed E-state index contributed by atoms with van der Waals surface area (Å²) in [5.74, 6) is -1.08. The first-order valence-corrected chi connectivity index (χ1v) is 11.6. The molecule has 0 spiro atoms. The topological polar surface area (TPSA) is 89.0 Å². The molecule has 188 valence electrons. The first kappa shape index (κ1) is 26.7. The second-order valence-electron chi connectivity index (χ2n) is 8.23. The standard InChI is InChI=1S/C27H27ClFN3O4/c1-17(2)25(31-26(33)21-6-4-5-7-22(21)29)27(34)32-30-15-19-10-13-23(24(14-19)35-3)36-16-18-8-11-20(28)12-9-18/h4-15,17,25H,16H2,1-3H3,(H,31,33)(H,32,34)/b30-15+. The third-order valence-corrected chi connectivity index (χ3v) is 5.49. The molecule has 0 heterocycles. The Morgan fingerprint density at radius 2 is 1.78 bits per heavy atom. The van der Waals surface area contributed by atoms with E-state index in [1.807, 2.05) is 12.1 Å². The fraction of sp³-hybridized carbons (Fsp3) is 0.222. The highest BCUT2D eigenvalue weighted by atomic mass is 35.5. The molecule has 0 aliphatic carbocycles. The average Bonchev–Trinajstić information content (AvgIpc) is 2.87. The first-order chi connectivity index (χ1) is 17.3. The van der Waals surface area contributed by atoms with Crippen molar-refractivity contribution in [3.05, 3.63) is 94.3 Å². The van der Waals surface area contributed by atoms with Gasteiger partial charge in [-0.25, -0.2) is 9.82 Å². The number of ether oxygens (including phenoxy) is 2. The van der Waals surface area contributed by atoms with Crippen LogP contribution in [0, 0.1) is 11.7 Å². The maximum absolute atomic E-state index is 13.9. The largest absolute Gasteiger partial charge is 0.493 e. The molecule has 1 unspecified atom stereocenters. The number of rotatable bonds is 10. The van der Waals surface area contributed by atoms with Gasteiger partial charge in [-0.05, 0) is 59.5 Å². The van der Waals surface area contributed by atoms with Gasteiger partial charge in [0.2, 0.25) is 0 Å². The number of hydrogen-bond donors (Lipinski definition) is 2. The summed E-state index contributed by atoms with van der Waals surface area (Å²) < 4.78 is 25.2. The van der Waals surface area contributed by atoms with Gasteiger partial charge in [0.25, 0.3) is 11.8 Å². The van der Waals surface area contributed by atoms with E-state index < -0.39 is 23.7 Å². The molecular weight excluding hydrogens is 485 g/mol. The number of methoxy groups -OCH3 is 1. The van der Waals surface area contributed by atoms with Crippen LogP contribution < -0.4 is 20.2 Å². The lowest BCUT2D eigenvalue weighted by molar-refractivity contribution is -0.123. The molecule has 7 nitrogen and oxygen atoms in total. The normalized spacial score (nSPS) is 11.8. The molecule has 2 amide bonds. The van der Waals surface area contributed by atoms with Crippen molar-refractivity contribution in [1.82, 2.24) is 10.7 Å². The first-order valence-electron chi connectivity index (χ1n) is 11.2. The molecule has 0 bridgehead atoms. The lowest BCUT2D eigenvalue weighted by Crippen LogP contribution is -2.48. The highest BCUT2D eigenvalue weighted by Crippen LogP contribution is 2.28. The monoisotopic (exact) mass is 511 g/mol. The Labute approximate surface area is 214 Å². The Morgan fingerprint density at radius 1 is 1.06 bits per heavy atom. The van der Waals surface area contributed by atoms with Gasteiger partial charge >= 0.3 is 0 Å². The Bertz CT molecular complexity index is 1230. The van der Waals surface area contributed by atoms with Crippen LogP contribution in [0.4, 0.5) is 4.39 Å². The second kappa shape index (κ2) is 12.7. The summed E-state index contributed by atoms with van der Waals surface area (Å²) in [5.41, 5.74) is 3.90. The summed E-state index contributed by atoms with van der Waals surface area (Å²) in [7, 11) is 1.53. The highest BCUT2D eigenvalue weighted by Gasteiger charge is 2.25. The molecule has 3 rings (SSSR count). The molecule has 0 aliphatic heterocycles. The van der Waals surface area contributed by atoms with Crippen molar-refractivity contribution in [2.45, 2.75) is 26.5 Å². The van der Waals surface area contributed by atoms with Gasteiger partial charge in [-0.2, -0.15) is 5.10 Å². The number of nitrogens with zero attached hydrogens (tertiary/aromatic N) is 1. The van der Waals surface area contributed by atoms with E-state index in [1.54, 1.807) is 50.2 Å². The minimum absolute atomic E-state index is 0.134. The van der Waals surface area contributed by atoms with Crippen molar-refractivity contribution in [2.24, 2.45) is 11.0 Å². The second-order valence-corrected chi connectivity index (χ2v) is 8.67. The molecule has 0 saturated heterocycles. The minimum atomic E-state index is -0.910.